The molecule has 0 heterocycles. The maximum Gasteiger partial charge on any atom is 0.330 e. The number of rotatable bonds is 8. The first-order valence-electron chi connectivity index (χ1n) is 8.44. The molecule has 0 unspecified atom stereocenters. The summed E-state index contributed by atoms with van der Waals surface area (Å²) >= 11 is 0. The summed E-state index contributed by atoms with van der Waals surface area (Å²) in [6.45, 7) is 1.68. The largest absolute Gasteiger partial charge is 0.449 e. The molecule has 0 saturated carbocycles. The predicted octanol–water partition coefficient (Wildman–Crippen LogP) is 3.12. The second kappa shape index (κ2) is 9.43. The molecule has 0 aliphatic rings. The van der Waals surface area contributed by atoms with Gasteiger partial charge in [-0.05, 0) is 22.8 Å². The van der Waals surface area contributed by atoms with Crippen LogP contribution in [0, 0.1) is 11.3 Å². The molecule has 0 fully saturated rings. The van der Waals surface area contributed by atoms with Crippen molar-refractivity contribution >= 4 is 22.6 Å². The molecular formula is C20H22N2O3. The van der Waals surface area contributed by atoms with Gasteiger partial charge in [0.25, 0.3) is 0 Å². The number of benzene rings is 2. The summed E-state index contributed by atoms with van der Waals surface area (Å²) < 4.78 is 4.90. The number of nitrogens with one attached hydrogen (secondary N) is 1. The van der Waals surface area contributed by atoms with E-state index in [2.05, 4.69) is 5.32 Å². The van der Waals surface area contributed by atoms with Gasteiger partial charge in [0.2, 0.25) is 5.91 Å². The van der Waals surface area contributed by atoms with Crippen LogP contribution in [-0.4, -0.2) is 24.5 Å². The molecule has 0 aromatic heterocycles. The Morgan fingerprint density at radius 2 is 1.96 bits per heavy atom. The summed E-state index contributed by atoms with van der Waals surface area (Å²) in [5, 5.41) is 13.5. The van der Waals surface area contributed by atoms with Crippen LogP contribution in [0.25, 0.3) is 10.8 Å². The van der Waals surface area contributed by atoms with Gasteiger partial charge < -0.3 is 10.1 Å². The van der Waals surface area contributed by atoms with Crippen LogP contribution < -0.4 is 5.32 Å². The van der Waals surface area contributed by atoms with E-state index in [9.17, 15) is 9.59 Å². The predicted molar refractivity (Wildman–Crippen MR) is 95.7 cm³/mol. The van der Waals surface area contributed by atoms with Gasteiger partial charge in [-0.25, -0.2) is 4.79 Å². The van der Waals surface area contributed by atoms with Gasteiger partial charge in [0.15, 0.2) is 6.61 Å². The molecule has 0 aliphatic heterocycles. The lowest BCUT2D eigenvalue weighted by Gasteiger charge is -2.17. The average molecular weight is 338 g/mol. The number of fused-ring (bicyclic) bond motifs is 1. The van der Waals surface area contributed by atoms with E-state index in [1.807, 2.05) is 49.4 Å². The molecule has 0 radical (unpaired) electrons. The van der Waals surface area contributed by atoms with Crippen molar-refractivity contribution < 1.29 is 14.3 Å². The second-order valence-corrected chi connectivity index (χ2v) is 5.88. The first-order valence-corrected chi connectivity index (χ1v) is 8.44. The molecule has 1 N–H and O–H groups in total. The van der Waals surface area contributed by atoms with Crippen molar-refractivity contribution in [3.8, 4) is 6.07 Å². The minimum absolute atomic E-state index is 0.179. The van der Waals surface area contributed by atoms with Gasteiger partial charge in [0.05, 0.1) is 0 Å². The van der Waals surface area contributed by atoms with Crippen LogP contribution in [0.3, 0.4) is 0 Å². The van der Waals surface area contributed by atoms with Gasteiger partial charge >= 0.3 is 5.97 Å². The summed E-state index contributed by atoms with van der Waals surface area (Å²) in [6, 6.07) is 14.8. The Labute approximate surface area is 147 Å². The zero-order valence-electron chi connectivity index (χ0n) is 14.3. The van der Waals surface area contributed by atoms with Crippen LogP contribution in [0.2, 0.25) is 0 Å². The third-order valence-corrected chi connectivity index (χ3v) is 3.91. The van der Waals surface area contributed by atoms with Gasteiger partial charge in [-0.3, -0.25) is 4.79 Å². The normalized spacial score (nSPS) is 11.5. The molecule has 25 heavy (non-hydrogen) atoms. The lowest BCUT2D eigenvalue weighted by molar-refractivity contribution is -0.146. The topological polar surface area (TPSA) is 79.2 Å². The smallest absolute Gasteiger partial charge is 0.330 e. The van der Waals surface area contributed by atoms with Crippen LogP contribution >= 0.6 is 0 Å². The molecule has 2 aromatic carbocycles. The molecule has 1 atom stereocenters. The van der Waals surface area contributed by atoms with E-state index in [1.165, 1.54) is 0 Å². The number of unbranched alkanes of at least 4 members (excludes halogenated alkanes) is 1. The number of carbonyl (C=O) groups excluding carboxylic acids is 2. The van der Waals surface area contributed by atoms with Crippen molar-refractivity contribution in [2.45, 2.75) is 38.6 Å². The van der Waals surface area contributed by atoms with Crippen molar-refractivity contribution in [3.05, 3.63) is 48.0 Å². The Kier molecular flexibility index (Phi) is 6.97. The molecule has 130 valence electrons. The minimum Gasteiger partial charge on any atom is -0.449 e. The van der Waals surface area contributed by atoms with E-state index in [-0.39, 0.29) is 12.5 Å². The van der Waals surface area contributed by atoms with Gasteiger partial charge in [-0.1, -0.05) is 55.8 Å². The van der Waals surface area contributed by atoms with Crippen molar-refractivity contribution in [1.29, 1.82) is 5.26 Å². The van der Waals surface area contributed by atoms with Gasteiger partial charge in [0.1, 0.15) is 12.1 Å². The summed E-state index contributed by atoms with van der Waals surface area (Å²) in [5.41, 5.74) is 0.924. The number of amides is 1. The fourth-order valence-electron chi connectivity index (χ4n) is 2.60. The highest BCUT2D eigenvalue weighted by molar-refractivity contribution is 5.86. The number of carbonyl (C=O) groups is 2. The van der Waals surface area contributed by atoms with E-state index < -0.39 is 12.0 Å². The zero-order valence-corrected chi connectivity index (χ0v) is 14.3. The van der Waals surface area contributed by atoms with Gasteiger partial charge in [0, 0.05) is 12.8 Å². The summed E-state index contributed by atoms with van der Waals surface area (Å²) in [7, 11) is 0. The van der Waals surface area contributed by atoms with Gasteiger partial charge in [-0.2, -0.15) is 5.26 Å². The number of hydrogen-bond acceptors (Lipinski definition) is 4. The average Bonchev–Trinajstić information content (AvgIpc) is 2.63. The van der Waals surface area contributed by atoms with Crippen molar-refractivity contribution in [1.82, 2.24) is 5.32 Å². The Balaban J connectivity index is 2.13. The Morgan fingerprint density at radius 3 is 2.68 bits per heavy atom. The van der Waals surface area contributed by atoms with E-state index >= 15 is 0 Å². The van der Waals surface area contributed by atoms with Crippen molar-refractivity contribution in [2.75, 3.05) is 6.61 Å². The highest BCUT2D eigenvalue weighted by Gasteiger charge is 2.22. The first-order chi connectivity index (χ1) is 12.1. The van der Waals surface area contributed by atoms with E-state index in [0.29, 0.717) is 12.8 Å². The number of ether oxygens (including phenoxy) is 1. The third-order valence-electron chi connectivity index (χ3n) is 3.91. The number of nitriles is 1. The van der Waals surface area contributed by atoms with Gasteiger partial charge in [-0.15, -0.1) is 0 Å². The van der Waals surface area contributed by atoms with E-state index in [0.717, 1.165) is 29.2 Å². The van der Waals surface area contributed by atoms with Crippen molar-refractivity contribution in [3.63, 3.8) is 0 Å². The highest BCUT2D eigenvalue weighted by atomic mass is 16.5. The third kappa shape index (κ3) is 5.61. The maximum atomic E-state index is 12.2. The maximum absolute atomic E-state index is 12.2. The summed E-state index contributed by atoms with van der Waals surface area (Å²) in [6.07, 6.45) is 2.37. The molecule has 0 spiro atoms. The van der Waals surface area contributed by atoms with Crippen LogP contribution in [-0.2, 0) is 20.7 Å². The van der Waals surface area contributed by atoms with Crippen LogP contribution in [0.4, 0.5) is 0 Å². The summed E-state index contributed by atoms with van der Waals surface area (Å²) in [5.74, 6) is -0.763. The first kappa shape index (κ1) is 18.5. The fraction of sp³-hybridized carbons (Fsp3) is 0.350. The fourth-order valence-corrected chi connectivity index (χ4v) is 2.60. The van der Waals surface area contributed by atoms with Crippen LogP contribution in [0.5, 0.6) is 0 Å². The van der Waals surface area contributed by atoms with Crippen LogP contribution in [0.15, 0.2) is 42.5 Å². The lowest BCUT2D eigenvalue weighted by Crippen LogP contribution is -2.43. The summed E-state index contributed by atoms with van der Waals surface area (Å²) in [4.78, 5) is 24.2. The quantitative estimate of drug-likeness (QED) is 0.750. The molecule has 5 nitrogen and oxygen atoms in total. The molecule has 5 heteroatoms. The Morgan fingerprint density at radius 1 is 1.20 bits per heavy atom. The van der Waals surface area contributed by atoms with Crippen molar-refractivity contribution in [2.24, 2.45) is 0 Å². The molecule has 0 bridgehead atoms. The molecule has 0 saturated heterocycles. The standard InChI is InChI=1S/C20H22N2O3/c1-2-3-8-19(23)22-18(20(24)25-12-11-21)14-15-9-10-16-6-4-5-7-17(16)13-15/h4-7,9-10,13,18H,2-3,8,12,14H2,1H3,(H,22,23)/t18-/m0/s1. The SMILES string of the molecule is CCCCC(=O)N[C@@H](Cc1ccc2ccccc2c1)C(=O)OCC#N. The zero-order chi connectivity index (χ0) is 18.1. The molecular weight excluding hydrogens is 316 g/mol. The monoisotopic (exact) mass is 338 g/mol. The number of hydrogen-bond donors (Lipinski definition) is 1. The lowest BCUT2D eigenvalue weighted by atomic mass is 10.0. The van der Waals surface area contributed by atoms with Crippen LogP contribution in [0.1, 0.15) is 31.7 Å². The number of nitrogens with zero attached hydrogens (tertiary/aromatic N) is 1. The number of esters is 1. The highest BCUT2D eigenvalue weighted by Crippen LogP contribution is 2.17. The Bertz CT molecular complexity index is 780. The Hall–Kier alpha value is -2.87. The minimum atomic E-state index is -0.793. The molecule has 0 aliphatic carbocycles. The van der Waals surface area contributed by atoms with E-state index in [4.69, 9.17) is 10.00 Å². The molecule has 2 rings (SSSR count). The molecule has 2 aromatic rings. The van der Waals surface area contributed by atoms with E-state index in [1.54, 1.807) is 6.07 Å². The second-order valence-electron chi connectivity index (χ2n) is 5.88. The molecule has 1 amide bonds.